The van der Waals surface area contributed by atoms with Crippen LogP contribution in [0.15, 0.2) is 24.3 Å². The van der Waals surface area contributed by atoms with Gasteiger partial charge in [0.05, 0.1) is 6.61 Å². The van der Waals surface area contributed by atoms with Crippen molar-refractivity contribution in [2.75, 3.05) is 11.9 Å². The van der Waals surface area contributed by atoms with E-state index >= 15 is 0 Å². The molecule has 0 radical (unpaired) electrons. The molecule has 0 aromatic heterocycles. The van der Waals surface area contributed by atoms with Crippen LogP contribution in [0, 0.1) is 17.7 Å². The van der Waals surface area contributed by atoms with Gasteiger partial charge >= 0.3 is 5.97 Å². The van der Waals surface area contributed by atoms with E-state index in [4.69, 9.17) is 4.74 Å². The highest BCUT2D eigenvalue weighted by Gasteiger charge is 2.56. The molecule has 3 rings (SSSR count). The fraction of sp³-hybridized carbons (Fsp3) is 0.562. The summed E-state index contributed by atoms with van der Waals surface area (Å²) in [6.07, 6.45) is 4.19. The molecule has 2 bridgehead atoms. The van der Waals surface area contributed by atoms with Crippen molar-refractivity contribution >= 4 is 11.7 Å². The molecule has 0 saturated heterocycles. The van der Waals surface area contributed by atoms with Gasteiger partial charge in [0.1, 0.15) is 11.4 Å². The van der Waals surface area contributed by atoms with Crippen LogP contribution in [0.4, 0.5) is 10.1 Å². The van der Waals surface area contributed by atoms with Gasteiger partial charge in [0.2, 0.25) is 0 Å². The molecule has 0 spiro atoms. The van der Waals surface area contributed by atoms with Gasteiger partial charge in [0.25, 0.3) is 0 Å². The van der Waals surface area contributed by atoms with Crippen LogP contribution >= 0.6 is 0 Å². The van der Waals surface area contributed by atoms with Gasteiger partial charge in [-0.2, -0.15) is 0 Å². The minimum absolute atomic E-state index is 0.156. The molecule has 0 amide bonds. The molecule has 3 nitrogen and oxygen atoms in total. The van der Waals surface area contributed by atoms with Crippen LogP contribution in [0.5, 0.6) is 0 Å². The second-order valence-corrected chi connectivity index (χ2v) is 5.90. The molecule has 108 valence electrons. The highest BCUT2D eigenvalue weighted by Crippen LogP contribution is 2.52. The number of carbonyl (C=O) groups is 1. The number of rotatable bonds is 4. The summed E-state index contributed by atoms with van der Waals surface area (Å²) in [6, 6.07) is 6.19. The Morgan fingerprint density at radius 2 is 2.15 bits per heavy atom. The van der Waals surface area contributed by atoms with E-state index in [0.29, 0.717) is 18.4 Å². The molecule has 0 aliphatic heterocycles. The van der Waals surface area contributed by atoms with Crippen LogP contribution < -0.4 is 5.32 Å². The molecule has 2 aliphatic carbocycles. The number of hydrogen-bond donors (Lipinski definition) is 1. The molecule has 20 heavy (non-hydrogen) atoms. The lowest BCUT2D eigenvalue weighted by molar-refractivity contribution is -0.150. The third-order valence-corrected chi connectivity index (χ3v) is 4.70. The third kappa shape index (κ3) is 2.17. The summed E-state index contributed by atoms with van der Waals surface area (Å²) in [6.45, 7) is 2.22. The zero-order valence-corrected chi connectivity index (χ0v) is 11.7. The van der Waals surface area contributed by atoms with Gasteiger partial charge in [0, 0.05) is 5.69 Å². The van der Waals surface area contributed by atoms with Gasteiger partial charge in [-0.3, -0.25) is 0 Å². The maximum atomic E-state index is 13.0. The lowest BCUT2D eigenvalue weighted by Crippen LogP contribution is -2.51. The van der Waals surface area contributed by atoms with Crippen molar-refractivity contribution in [2.24, 2.45) is 11.8 Å². The van der Waals surface area contributed by atoms with Gasteiger partial charge in [-0.25, -0.2) is 9.18 Å². The Bertz CT molecular complexity index is 502. The smallest absolute Gasteiger partial charge is 0.332 e. The number of ether oxygens (including phenoxy) is 1. The predicted octanol–water partition coefficient (Wildman–Crippen LogP) is 3.36. The van der Waals surface area contributed by atoms with Gasteiger partial charge in [-0.1, -0.05) is 0 Å². The lowest BCUT2D eigenvalue weighted by atomic mass is 9.80. The Morgan fingerprint density at radius 3 is 2.70 bits per heavy atom. The van der Waals surface area contributed by atoms with Gasteiger partial charge < -0.3 is 10.1 Å². The number of halogens is 1. The Kier molecular flexibility index (Phi) is 3.40. The van der Waals surface area contributed by atoms with Crippen molar-refractivity contribution in [2.45, 2.75) is 38.1 Å². The highest BCUT2D eigenvalue weighted by atomic mass is 19.1. The van der Waals surface area contributed by atoms with E-state index in [2.05, 4.69) is 5.32 Å². The molecule has 2 aliphatic rings. The summed E-state index contributed by atoms with van der Waals surface area (Å²) in [4.78, 5) is 12.5. The van der Waals surface area contributed by atoms with Crippen molar-refractivity contribution in [1.29, 1.82) is 0 Å². The van der Waals surface area contributed by atoms with Gasteiger partial charge in [-0.05, 0) is 68.7 Å². The molecule has 1 aromatic carbocycles. The Labute approximate surface area is 118 Å². The summed E-state index contributed by atoms with van der Waals surface area (Å²) >= 11 is 0. The molecular weight excluding hydrogens is 257 g/mol. The molecule has 4 heteroatoms. The molecule has 3 unspecified atom stereocenters. The van der Waals surface area contributed by atoms with Crippen LogP contribution in [0.25, 0.3) is 0 Å². The minimum atomic E-state index is -0.614. The first kappa shape index (κ1) is 13.4. The maximum Gasteiger partial charge on any atom is 0.332 e. The monoisotopic (exact) mass is 277 g/mol. The van der Waals surface area contributed by atoms with Crippen LogP contribution in [0.1, 0.15) is 32.6 Å². The highest BCUT2D eigenvalue weighted by molar-refractivity contribution is 5.86. The molecule has 2 fully saturated rings. The number of hydrogen-bond acceptors (Lipinski definition) is 3. The van der Waals surface area contributed by atoms with E-state index in [0.717, 1.165) is 24.9 Å². The average Bonchev–Trinajstić information content (AvgIpc) is 3.03. The van der Waals surface area contributed by atoms with Gasteiger partial charge in [0.15, 0.2) is 0 Å². The molecule has 3 atom stereocenters. The third-order valence-electron chi connectivity index (χ3n) is 4.70. The fourth-order valence-corrected chi connectivity index (χ4v) is 3.83. The summed E-state index contributed by atoms with van der Waals surface area (Å²) < 4.78 is 18.3. The molecule has 1 N–H and O–H groups in total. The first-order valence-electron chi connectivity index (χ1n) is 7.35. The quantitative estimate of drug-likeness (QED) is 0.858. The second kappa shape index (κ2) is 5.08. The summed E-state index contributed by atoms with van der Waals surface area (Å²) in [5.74, 6) is 0.513. The Hall–Kier alpha value is -1.58. The summed E-state index contributed by atoms with van der Waals surface area (Å²) in [5.41, 5.74) is 0.170. The number of benzene rings is 1. The fourth-order valence-electron chi connectivity index (χ4n) is 3.83. The van der Waals surface area contributed by atoms with E-state index in [1.165, 1.54) is 18.6 Å². The number of carbonyl (C=O) groups excluding carboxylic acids is 1. The second-order valence-electron chi connectivity index (χ2n) is 5.90. The maximum absolute atomic E-state index is 13.0. The molecule has 1 aromatic rings. The predicted molar refractivity (Wildman–Crippen MR) is 74.8 cm³/mol. The van der Waals surface area contributed by atoms with E-state index in [1.54, 1.807) is 12.1 Å². The number of esters is 1. The largest absolute Gasteiger partial charge is 0.464 e. The Morgan fingerprint density at radius 1 is 1.40 bits per heavy atom. The average molecular weight is 277 g/mol. The minimum Gasteiger partial charge on any atom is -0.464 e. The topological polar surface area (TPSA) is 38.3 Å². The van der Waals surface area contributed by atoms with E-state index < -0.39 is 5.54 Å². The van der Waals surface area contributed by atoms with E-state index in [1.807, 2.05) is 6.92 Å². The van der Waals surface area contributed by atoms with Crippen LogP contribution in [-0.2, 0) is 9.53 Å². The van der Waals surface area contributed by atoms with Crippen LogP contribution in [-0.4, -0.2) is 18.1 Å². The number of anilines is 1. The normalized spacial score (nSPS) is 31.3. The van der Waals surface area contributed by atoms with E-state index in [9.17, 15) is 9.18 Å². The molecular formula is C16H20FNO2. The van der Waals surface area contributed by atoms with Crippen LogP contribution in [0.3, 0.4) is 0 Å². The van der Waals surface area contributed by atoms with Crippen molar-refractivity contribution in [1.82, 2.24) is 0 Å². The first-order valence-corrected chi connectivity index (χ1v) is 7.35. The first-order chi connectivity index (χ1) is 9.64. The number of nitrogens with one attached hydrogen (secondary N) is 1. The van der Waals surface area contributed by atoms with Crippen molar-refractivity contribution in [3.05, 3.63) is 30.1 Å². The van der Waals surface area contributed by atoms with Crippen molar-refractivity contribution in [3.63, 3.8) is 0 Å². The number of fused-ring (bicyclic) bond motifs is 2. The Balaban J connectivity index is 1.86. The summed E-state index contributed by atoms with van der Waals surface area (Å²) in [5, 5.41) is 3.36. The standard InChI is InChI=1S/C16H20FNO2/c1-2-20-15(19)16(10-11-3-4-12(16)9-11)18-14-7-5-13(17)6-8-14/h5-8,11-12,18H,2-4,9-10H2,1H3. The molecule has 2 saturated carbocycles. The van der Waals surface area contributed by atoms with E-state index in [-0.39, 0.29) is 11.8 Å². The van der Waals surface area contributed by atoms with Crippen molar-refractivity contribution < 1.29 is 13.9 Å². The zero-order valence-electron chi connectivity index (χ0n) is 11.7. The zero-order chi connectivity index (χ0) is 14.2. The molecule has 0 heterocycles. The van der Waals surface area contributed by atoms with Gasteiger partial charge in [-0.15, -0.1) is 0 Å². The van der Waals surface area contributed by atoms with Crippen LogP contribution in [0.2, 0.25) is 0 Å². The lowest BCUT2D eigenvalue weighted by Gasteiger charge is -2.37. The SMILES string of the molecule is CCOC(=O)C1(Nc2ccc(F)cc2)CC2CCC1C2. The summed E-state index contributed by atoms with van der Waals surface area (Å²) in [7, 11) is 0. The van der Waals surface area contributed by atoms with Crippen molar-refractivity contribution in [3.8, 4) is 0 Å².